The van der Waals surface area contributed by atoms with E-state index in [0.29, 0.717) is 53.2 Å². The molecule has 2 amide bonds. The van der Waals surface area contributed by atoms with E-state index in [9.17, 15) is 18.0 Å². The quantitative estimate of drug-likeness (QED) is 0.156. The predicted octanol–water partition coefficient (Wildman–Crippen LogP) is 8.06. The molecule has 0 N–H and O–H groups in total. The van der Waals surface area contributed by atoms with Gasteiger partial charge in [0.15, 0.2) is 5.65 Å². The fourth-order valence-electron chi connectivity index (χ4n) is 7.31. The Morgan fingerprint density at radius 1 is 0.926 bits per heavy atom. The summed E-state index contributed by atoms with van der Waals surface area (Å²) in [6, 6.07) is 18.1. The van der Waals surface area contributed by atoms with Gasteiger partial charge in [0.25, 0.3) is 10.0 Å². The number of aromatic nitrogens is 3. The molecule has 0 atom stereocenters. The number of rotatable bonds is 8. The number of nitrogens with zero attached hydrogens (tertiary/aromatic N) is 5. The highest BCUT2D eigenvalue weighted by molar-refractivity contribution is 7.90. The van der Waals surface area contributed by atoms with E-state index in [4.69, 9.17) is 9.47 Å². The molecule has 54 heavy (non-hydrogen) atoms. The number of hydrogen-bond acceptors (Lipinski definition) is 8. The number of amides is 2. The van der Waals surface area contributed by atoms with E-state index in [1.54, 1.807) is 53.7 Å². The molecule has 2 aliphatic rings. The zero-order valence-electron chi connectivity index (χ0n) is 31.5. The smallest absolute Gasteiger partial charge is 0.410 e. The summed E-state index contributed by atoms with van der Waals surface area (Å²) in [6.07, 6.45) is 10.7. The standard InChI is InChI=1S/C42H47N5O6S/c1-28-11-15-35(16-12-28)54(50,51)47-27-36(30-17-20-43-32(23-30)25-38(48)45(5)33-9-7-6-8-10-33)39-37(18-21-44-40(39)47)52-34-14-13-29-19-22-46(26-31(29)24-34)41(49)53-42(2,3)4/h11-18,20-21,23-24,27,33H,6-10,19,22,25-26H2,1-5H3. The molecule has 0 spiro atoms. The van der Waals surface area contributed by atoms with Crippen molar-refractivity contribution >= 4 is 33.1 Å². The second kappa shape index (κ2) is 14.9. The topological polar surface area (TPSA) is 124 Å². The maximum Gasteiger partial charge on any atom is 0.410 e. The van der Waals surface area contributed by atoms with Gasteiger partial charge in [-0.15, -0.1) is 0 Å². The van der Waals surface area contributed by atoms with E-state index in [2.05, 4.69) is 9.97 Å². The molecule has 0 unspecified atom stereocenters. The van der Waals surface area contributed by atoms with Crippen LogP contribution in [0.1, 0.15) is 75.3 Å². The van der Waals surface area contributed by atoms with Gasteiger partial charge >= 0.3 is 6.09 Å². The minimum atomic E-state index is -4.08. The summed E-state index contributed by atoms with van der Waals surface area (Å²) in [5, 5.41) is 0.490. The van der Waals surface area contributed by atoms with E-state index in [-0.39, 0.29) is 35.0 Å². The lowest BCUT2D eigenvalue weighted by molar-refractivity contribution is -0.131. The summed E-state index contributed by atoms with van der Waals surface area (Å²) in [4.78, 5) is 39.1. The zero-order valence-corrected chi connectivity index (χ0v) is 32.4. The van der Waals surface area contributed by atoms with Crippen molar-refractivity contribution in [2.45, 2.75) is 95.7 Å². The van der Waals surface area contributed by atoms with Gasteiger partial charge in [0.2, 0.25) is 5.91 Å². The van der Waals surface area contributed by atoms with Crippen LogP contribution in [0.15, 0.2) is 84.1 Å². The molecule has 0 bridgehead atoms. The van der Waals surface area contributed by atoms with Crippen LogP contribution in [-0.2, 0) is 38.9 Å². The number of carbonyl (C=O) groups is 2. The van der Waals surface area contributed by atoms with Crippen LogP contribution in [0.5, 0.6) is 11.5 Å². The van der Waals surface area contributed by atoms with Gasteiger partial charge in [-0.05, 0) is 106 Å². The molecule has 1 aliphatic carbocycles. The molecular weight excluding hydrogens is 703 g/mol. The summed E-state index contributed by atoms with van der Waals surface area (Å²) in [5.74, 6) is 0.928. The van der Waals surface area contributed by atoms with E-state index >= 15 is 0 Å². The van der Waals surface area contributed by atoms with Gasteiger partial charge in [-0.25, -0.2) is 22.2 Å². The van der Waals surface area contributed by atoms with Crippen molar-refractivity contribution in [3.63, 3.8) is 0 Å². The minimum absolute atomic E-state index is 0.000685. The molecule has 3 aromatic heterocycles. The molecule has 1 fully saturated rings. The lowest BCUT2D eigenvalue weighted by Crippen LogP contribution is -2.39. The van der Waals surface area contributed by atoms with Crippen molar-refractivity contribution in [2.24, 2.45) is 0 Å². The molecule has 0 radical (unpaired) electrons. The van der Waals surface area contributed by atoms with Crippen LogP contribution >= 0.6 is 0 Å². The van der Waals surface area contributed by atoms with Crippen LogP contribution in [-0.4, -0.2) is 69.4 Å². The molecule has 5 aromatic rings. The monoisotopic (exact) mass is 749 g/mol. The van der Waals surface area contributed by atoms with Crippen molar-refractivity contribution in [2.75, 3.05) is 13.6 Å². The third-order valence-electron chi connectivity index (χ3n) is 10.2. The van der Waals surface area contributed by atoms with Crippen molar-refractivity contribution in [3.8, 4) is 22.6 Å². The van der Waals surface area contributed by atoms with Crippen molar-refractivity contribution < 1.29 is 27.5 Å². The predicted molar refractivity (Wildman–Crippen MR) is 207 cm³/mol. The Morgan fingerprint density at radius 3 is 2.41 bits per heavy atom. The fraction of sp³-hybridized carbons (Fsp3) is 0.381. The second-order valence-corrected chi connectivity index (χ2v) is 17.2. The Bertz CT molecular complexity index is 2310. The SMILES string of the molecule is Cc1ccc(S(=O)(=O)n2cc(-c3ccnc(CC(=O)N(C)C4CCCCC4)c3)c3c(Oc4ccc5c(c4)CN(C(=O)OC(C)(C)C)CC5)ccnc32)cc1. The van der Waals surface area contributed by atoms with Crippen LogP contribution in [0.25, 0.3) is 22.2 Å². The molecule has 11 nitrogen and oxygen atoms in total. The second-order valence-electron chi connectivity index (χ2n) is 15.4. The molecule has 282 valence electrons. The number of ether oxygens (including phenoxy) is 2. The Hall–Kier alpha value is -5.23. The maximum atomic E-state index is 14.2. The summed E-state index contributed by atoms with van der Waals surface area (Å²) in [5.41, 5.74) is 4.41. The summed E-state index contributed by atoms with van der Waals surface area (Å²) >= 11 is 0. The van der Waals surface area contributed by atoms with Crippen LogP contribution in [0, 0.1) is 6.92 Å². The first kappa shape index (κ1) is 37.1. The van der Waals surface area contributed by atoms with Crippen LogP contribution in [0.2, 0.25) is 0 Å². The van der Waals surface area contributed by atoms with Gasteiger partial charge < -0.3 is 19.3 Å². The highest BCUT2D eigenvalue weighted by Crippen LogP contribution is 2.40. The van der Waals surface area contributed by atoms with Gasteiger partial charge in [0.05, 0.1) is 22.4 Å². The van der Waals surface area contributed by atoms with Gasteiger partial charge in [-0.3, -0.25) is 9.78 Å². The first-order valence-corrected chi connectivity index (χ1v) is 20.0. The number of benzene rings is 2. The van der Waals surface area contributed by atoms with E-state index in [1.807, 2.05) is 63.9 Å². The third-order valence-corrected chi connectivity index (χ3v) is 11.9. The number of fused-ring (bicyclic) bond motifs is 2. The Labute approximate surface area is 317 Å². The number of likely N-dealkylation sites (N-methyl/N-ethyl adjacent to an activating group) is 1. The van der Waals surface area contributed by atoms with E-state index in [1.165, 1.54) is 16.6 Å². The Kier molecular flexibility index (Phi) is 10.2. The molecule has 0 saturated heterocycles. The van der Waals surface area contributed by atoms with Gasteiger partial charge in [-0.1, -0.05) is 43.0 Å². The Morgan fingerprint density at radius 2 is 1.67 bits per heavy atom. The van der Waals surface area contributed by atoms with Crippen LogP contribution in [0.4, 0.5) is 4.79 Å². The number of carbonyl (C=O) groups excluding carboxylic acids is 2. The summed E-state index contributed by atoms with van der Waals surface area (Å²) in [6.45, 7) is 8.37. The lowest BCUT2D eigenvalue weighted by atomic mass is 9.94. The Balaban J connectivity index is 1.27. The third kappa shape index (κ3) is 7.84. The minimum Gasteiger partial charge on any atom is -0.457 e. The summed E-state index contributed by atoms with van der Waals surface area (Å²) < 4.78 is 41.8. The number of hydrogen-bond donors (Lipinski definition) is 0. The van der Waals surface area contributed by atoms with Crippen LogP contribution < -0.4 is 4.74 Å². The fourth-order valence-corrected chi connectivity index (χ4v) is 8.63. The van der Waals surface area contributed by atoms with Crippen molar-refractivity contribution in [1.29, 1.82) is 0 Å². The van der Waals surface area contributed by atoms with Gasteiger partial charge in [0.1, 0.15) is 17.1 Å². The summed E-state index contributed by atoms with van der Waals surface area (Å²) in [7, 11) is -2.21. The first-order chi connectivity index (χ1) is 25.8. The molecule has 1 aliphatic heterocycles. The number of aryl methyl sites for hydroxylation is 1. The van der Waals surface area contributed by atoms with Crippen molar-refractivity contribution in [3.05, 3.63) is 102 Å². The lowest BCUT2D eigenvalue weighted by Gasteiger charge is -2.31. The van der Waals surface area contributed by atoms with Crippen molar-refractivity contribution in [1.82, 2.24) is 23.7 Å². The van der Waals surface area contributed by atoms with E-state index in [0.717, 1.165) is 42.4 Å². The maximum absolute atomic E-state index is 14.2. The molecule has 4 heterocycles. The van der Waals surface area contributed by atoms with Gasteiger partial charge in [0, 0.05) is 50.3 Å². The molecule has 7 rings (SSSR count). The normalized spacial score (nSPS) is 15.2. The average Bonchev–Trinajstić information content (AvgIpc) is 3.56. The molecular formula is C42H47N5O6S. The van der Waals surface area contributed by atoms with Gasteiger partial charge in [-0.2, -0.15) is 0 Å². The highest BCUT2D eigenvalue weighted by atomic mass is 32.2. The first-order valence-electron chi connectivity index (χ1n) is 18.6. The average molecular weight is 750 g/mol. The highest BCUT2D eigenvalue weighted by Gasteiger charge is 2.28. The van der Waals surface area contributed by atoms with Crippen LogP contribution in [0.3, 0.4) is 0 Å². The number of pyridine rings is 2. The molecule has 12 heteroatoms. The molecule has 1 saturated carbocycles. The largest absolute Gasteiger partial charge is 0.457 e. The zero-order chi connectivity index (χ0) is 38.2. The molecule has 2 aromatic carbocycles. The van der Waals surface area contributed by atoms with E-state index < -0.39 is 15.6 Å².